The van der Waals surface area contributed by atoms with Gasteiger partial charge in [0.15, 0.2) is 0 Å². The van der Waals surface area contributed by atoms with Gasteiger partial charge in [0.1, 0.15) is 23.1 Å². The molecular weight excluding hydrogens is 428 g/mol. The Kier molecular flexibility index (Phi) is 8.00. The van der Waals surface area contributed by atoms with Crippen LogP contribution < -0.4 is 4.74 Å². The summed E-state index contributed by atoms with van der Waals surface area (Å²) in [5, 5.41) is 9.74. The maximum absolute atomic E-state index is 13.5. The van der Waals surface area contributed by atoms with Crippen LogP contribution in [0.4, 0.5) is 0 Å². The first-order valence-corrected chi connectivity index (χ1v) is 12.2. The van der Waals surface area contributed by atoms with Crippen molar-refractivity contribution in [2.75, 3.05) is 26.7 Å². The first-order chi connectivity index (χ1) is 15.3. The molecule has 0 saturated heterocycles. The molecule has 2 aromatic rings. The summed E-state index contributed by atoms with van der Waals surface area (Å²) in [5.74, 6) is 0.232. The van der Waals surface area contributed by atoms with Gasteiger partial charge in [0.2, 0.25) is 10.0 Å². The summed E-state index contributed by atoms with van der Waals surface area (Å²) in [7, 11) is -1.83. The van der Waals surface area contributed by atoms with Crippen molar-refractivity contribution in [1.29, 1.82) is 0 Å². The van der Waals surface area contributed by atoms with Crippen LogP contribution in [0.1, 0.15) is 31.9 Å². The molecule has 3 atom stereocenters. The topological polar surface area (TPSA) is 95.9 Å². The Balaban J connectivity index is 1.97. The van der Waals surface area contributed by atoms with Crippen molar-refractivity contribution in [3.8, 4) is 5.75 Å². The van der Waals surface area contributed by atoms with Crippen molar-refractivity contribution in [3.05, 3.63) is 54.1 Å². The molecule has 0 unspecified atom stereocenters. The van der Waals surface area contributed by atoms with Crippen molar-refractivity contribution in [1.82, 2.24) is 19.2 Å². The number of likely N-dealkylation sites (N-methyl/N-ethyl adjacent to an activating group) is 1. The van der Waals surface area contributed by atoms with Gasteiger partial charge in [-0.05, 0) is 38.6 Å². The first kappa shape index (κ1) is 24.3. The van der Waals surface area contributed by atoms with Gasteiger partial charge in [-0.15, -0.1) is 0 Å². The van der Waals surface area contributed by atoms with Gasteiger partial charge >= 0.3 is 0 Å². The molecule has 0 bridgehead atoms. The zero-order valence-electron chi connectivity index (χ0n) is 19.0. The van der Waals surface area contributed by atoms with Gasteiger partial charge in [-0.3, -0.25) is 4.90 Å². The zero-order chi connectivity index (χ0) is 23.3. The molecule has 2 heterocycles. The molecule has 1 aromatic heterocycles. The highest BCUT2D eigenvalue weighted by Crippen LogP contribution is 2.34. The Hall–Kier alpha value is -2.33. The fourth-order valence-electron chi connectivity index (χ4n) is 3.85. The average Bonchev–Trinajstić information content (AvgIpc) is 2.76. The fraction of sp³-hybridized carbons (Fsp3) is 0.478. The number of aliphatic hydroxyl groups excluding tert-OH is 1. The monoisotopic (exact) mass is 460 g/mol. The molecule has 174 valence electrons. The number of rotatable bonds is 7. The molecule has 0 fully saturated rings. The van der Waals surface area contributed by atoms with Crippen LogP contribution in [0.2, 0.25) is 0 Å². The number of hydrogen-bond donors (Lipinski definition) is 1. The molecular formula is C23H32N4O4S. The van der Waals surface area contributed by atoms with Crippen molar-refractivity contribution >= 4 is 16.1 Å². The summed E-state index contributed by atoms with van der Waals surface area (Å²) in [4.78, 5) is 10.4. The van der Waals surface area contributed by atoms with E-state index in [1.807, 2.05) is 33.0 Å². The standard InChI is InChI=1S/C23H32N4O4S/c1-5-6-19-7-8-23-21(9-19)31-22(14-26(4)13-20-10-24-16-25-11-20)17(2)12-27(18(3)15-28)32(23,29)30/h5-11,16-18,22,28H,12-15H2,1-4H3/b6-5+/t17-,18+,22-/m0/s1. The minimum Gasteiger partial charge on any atom is -0.487 e. The average molecular weight is 461 g/mol. The quantitative estimate of drug-likeness (QED) is 0.678. The number of sulfonamides is 1. The zero-order valence-corrected chi connectivity index (χ0v) is 19.9. The van der Waals surface area contributed by atoms with E-state index in [1.165, 1.54) is 10.6 Å². The van der Waals surface area contributed by atoms with Crippen molar-refractivity contribution in [3.63, 3.8) is 0 Å². The van der Waals surface area contributed by atoms with Crippen LogP contribution in [0.5, 0.6) is 5.75 Å². The maximum Gasteiger partial charge on any atom is 0.247 e. The van der Waals surface area contributed by atoms with E-state index in [0.717, 1.165) is 11.1 Å². The van der Waals surface area contributed by atoms with E-state index >= 15 is 0 Å². The Bertz CT molecular complexity index is 1030. The molecule has 1 N–H and O–H groups in total. The number of aromatic nitrogens is 2. The van der Waals surface area contributed by atoms with Gasteiger partial charge in [0, 0.05) is 49.6 Å². The minimum atomic E-state index is -3.82. The van der Waals surface area contributed by atoms with Crippen LogP contribution in [0.25, 0.3) is 6.08 Å². The van der Waals surface area contributed by atoms with Crippen molar-refractivity contribution < 1.29 is 18.3 Å². The van der Waals surface area contributed by atoms with Gasteiger partial charge in [-0.2, -0.15) is 4.31 Å². The molecule has 0 amide bonds. The molecule has 0 saturated carbocycles. The van der Waals surface area contributed by atoms with E-state index < -0.39 is 16.1 Å². The maximum atomic E-state index is 13.5. The minimum absolute atomic E-state index is 0.105. The second kappa shape index (κ2) is 10.5. The molecule has 0 aliphatic carbocycles. The third kappa shape index (κ3) is 5.53. The number of fused-ring (bicyclic) bond motifs is 1. The summed E-state index contributed by atoms with van der Waals surface area (Å²) in [6.45, 7) is 6.85. The third-order valence-electron chi connectivity index (χ3n) is 5.61. The number of benzene rings is 1. The Morgan fingerprint density at radius 1 is 1.34 bits per heavy atom. The summed E-state index contributed by atoms with van der Waals surface area (Å²) in [6.07, 6.45) is 8.61. The number of aliphatic hydroxyl groups is 1. The van der Waals surface area contributed by atoms with E-state index in [9.17, 15) is 13.5 Å². The molecule has 0 spiro atoms. The number of ether oxygens (including phenoxy) is 1. The highest BCUT2D eigenvalue weighted by molar-refractivity contribution is 7.89. The largest absolute Gasteiger partial charge is 0.487 e. The molecule has 3 rings (SSSR count). The Morgan fingerprint density at radius 2 is 2.06 bits per heavy atom. The summed E-state index contributed by atoms with van der Waals surface area (Å²) >= 11 is 0. The van der Waals surface area contributed by atoms with Gasteiger partial charge < -0.3 is 9.84 Å². The lowest BCUT2D eigenvalue weighted by Gasteiger charge is -2.37. The Morgan fingerprint density at radius 3 is 2.72 bits per heavy atom. The third-order valence-corrected chi connectivity index (χ3v) is 7.63. The van der Waals surface area contributed by atoms with Crippen LogP contribution >= 0.6 is 0 Å². The second-order valence-electron chi connectivity index (χ2n) is 8.39. The molecule has 1 aliphatic rings. The predicted molar refractivity (Wildman–Crippen MR) is 124 cm³/mol. The molecule has 1 aliphatic heterocycles. The lowest BCUT2D eigenvalue weighted by molar-refractivity contribution is 0.0733. The highest BCUT2D eigenvalue weighted by Gasteiger charge is 2.38. The van der Waals surface area contributed by atoms with E-state index in [2.05, 4.69) is 14.9 Å². The Labute approximate surface area is 190 Å². The normalized spacial score (nSPS) is 22.2. The lowest BCUT2D eigenvalue weighted by atomic mass is 10.0. The highest BCUT2D eigenvalue weighted by atomic mass is 32.2. The molecule has 0 radical (unpaired) electrons. The second-order valence-corrected chi connectivity index (χ2v) is 10.2. The molecule has 9 heteroatoms. The van der Waals surface area contributed by atoms with Crippen LogP contribution in [0.3, 0.4) is 0 Å². The summed E-state index contributed by atoms with van der Waals surface area (Å²) in [6, 6.07) is 4.59. The summed E-state index contributed by atoms with van der Waals surface area (Å²) in [5.41, 5.74) is 1.85. The predicted octanol–water partition coefficient (Wildman–Crippen LogP) is 2.41. The summed E-state index contributed by atoms with van der Waals surface area (Å²) < 4.78 is 34.7. The smallest absolute Gasteiger partial charge is 0.247 e. The molecule has 8 nitrogen and oxygen atoms in total. The van der Waals surface area contributed by atoms with Crippen LogP contribution in [0, 0.1) is 5.92 Å². The van der Waals surface area contributed by atoms with Gasteiger partial charge in [-0.25, -0.2) is 18.4 Å². The van der Waals surface area contributed by atoms with Crippen LogP contribution in [0.15, 0.2) is 47.9 Å². The first-order valence-electron chi connectivity index (χ1n) is 10.7. The molecule has 32 heavy (non-hydrogen) atoms. The fourth-order valence-corrected chi connectivity index (χ4v) is 5.68. The van der Waals surface area contributed by atoms with E-state index in [-0.39, 0.29) is 30.1 Å². The van der Waals surface area contributed by atoms with Gasteiger partial charge in [-0.1, -0.05) is 25.1 Å². The van der Waals surface area contributed by atoms with Crippen LogP contribution in [-0.2, 0) is 16.6 Å². The van der Waals surface area contributed by atoms with Gasteiger partial charge in [0.25, 0.3) is 0 Å². The van der Waals surface area contributed by atoms with Crippen molar-refractivity contribution in [2.24, 2.45) is 5.92 Å². The van der Waals surface area contributed by atoms with Crippen LogP contribution in [-0.4, -0.2) is 71.6 Å². The van der Waals surface area contributed by atoms with Crippen molar-refractivity contribution in [2.45, 2.75) is 44.4 Å². The lowest BCUT2D eigenvalue weighted by Crippen LogP contribution is -2.49. The van der Waals surface area contributed by atoms with Gasteiger partial charge in [0.05, 0.1) is 6.61 Å². The van der Waals surface area contributed by atoms with E-state index in [4.69, 9.17) is 4.74 Å². The molecule has 1 aromatic carbocycles. The number of hydrogen-bond acceptors (Lipinski definition) is 7. The number of nitrogens with zero attached hydrogens (tertiary/aromatic N) is 4. The van der Waals surface area contributed by atoms with E-state index in [1.54, 1.807) is 37.5 Å². The number of allylic oxidation sites excluding steroid dienone is 1. The van der Waals surface area contributed by atoms with E-state index in [0.29, 0.717) is 18.8 Å². The SMILES string of the molecule is C/C=C/c1ccc2c(c1)O[C@@H](CN(C)Cc1cncnc1)[C@@H](C)CN([C@H](C)CO)S2(=O)=O.